The molecule has 1 amide bonds. The van der Waals surface area contributed by atoms with E-state index in [1.54, 1.807) is 12.1 Å². The van der Waals surface area contributed by atoms with Gasteiger partial charge in [-0.2, -0.15) is 0 Å². The van der Waals surface area contributed by atoms with E-state index < -0.39 is 10.8 Å². The number of nitrogens with one attached hydrogen (secondary N) is 1. The molecule has 1 aromatic carbocycles. The Balaban J connectivity index is 1.72. The maximum atomic E-state index is 12.4. The summed E-state index contributed by atoms with van der Waals surface area (Å²) in [6, 6.07) is 7.36. The minimum absolute atomic E-state index is 0.120. The average Bonchev–Trinajstić information content (AvgIpc) is 2.69. The number of nitro groups is 1. The summed E-state index contributed by atoms with van der Waals surface area (Å²) in [6.45, 7) is 1.89. The average molecular weight is 357 g/mol. The molecule has 2 aromatic rings. The lowest BCUT2D eigenvalue weighted by Crippen LogP contribution is -2.30. The van der Waals surface area contributed by atoms with Gasteiger partial charge in [0.1, 0.15) is 5.75 Å². The fraction of sp³-hybridized carbons (Fsp3) is 0.353. The SMILES string of the molecule is COc1cc([N+](=O)[O-])ccc1NC(=O)c1ccc(N2CCCCC2)nn1. The van der Waals surface area contributed by atoms with Crippen molar-refractivity contribution in [1.29, 1.82) is 0 Å². The lowest BCUT2D eigenvalue weighted by atomic mass is 10.1. The maximum absolute atomic E-state index is 12.4. The van der Waals surface area contributed by atoms with Crippen molar-refractivity contribution in [3.05, 3.63) is 46.1 Å². The Morgan fingerprint density at radius 1 is 1.19 bits per heavy atom. The van der Waals surface area contributed by atoms with E-state index in [0.29, 0.717) is 5.69 Å². The Labute approximate surface area is 150 Å². The molecule has 0 radical (unpaired) electrons. The Kier molecular flexibility index (Phi) is 5.26. The van der Waals surface area contributed by atoms with E-state index in [-0.39, 0.29) is 17.1 Å². The van der Waals surface area contributed by atoms with Crippen LogP contribution < -0.4 is 15.0 Å². The highest BCUT2D eigenvalue weighted by Crippen LogP contribution is 2.29. The van der Waals surface area contributed by atoms with Crippen molar-refractivity contribution in [3.8, 4) is 5.75 Å². The fourth-order valence-corrected chi connectivity index (χ4v) is 2.82. The van der Waals surface area contributed by atoms with Gasteiger partial charge in [0.15, 0.2) is 11.5 Å². The summed E-state index contributed by atoms with van der Waals surface area (Å²) < 4.78 is 5.11. The number of rotatable bonds is 5. The molecule has 0 spiro atoms. The molecule has 0 aliphatic carbocycles. The molecule has 9 nitrogen and oxygen atoms in total. The van der Waals surface area contributed by atoms with Crippen LogP contribution in [0.15, 0.2) is 30.3 Å². The van der Waals surface area contributed by atoms with Crippen LogP contribution in [0.4, 0.5) is 17.2 Å². The number of nitrogens with zero attached hydrogens (tertiary/aromatic N) is 4. The first-order chi connectivity index (χ1) is 12.6. The van der Waals surface area contributed by atoms with Gasteiger partial charge >= 0.3 is 0 Å². The third kappa shape index (κ3) is 3.88. The van der Waals surface area contributed by atoms with Crippen LogP contribution in [0.3, 0.4) is 0 Å². The van der Waals surface area contributed by atoms with Gasteiger partial charge < -0.3 is 15.0 Å². The number of carbonyl (C=O) groups excluding carboxylic acids is 1. The van der Waals surface area contributed by atoms with E-state index in [4.69, 9.17) is 4.74 Å². The summed E-state index contributed by atoms with van der Waals surface area (Å²) in [4.78, 5) is 24.8. The van der Waals surface area contributed by atoms with E-state index in [2.05, 4.69) is 20.4 Å². The van der Waals surface area contributed by atoms with Gasteiger partial charge in [-0.05, 0) is 37.5 Å². The molecule has 1 saturated heterocycles. The molecular formula is C17H19N5O4. The van der Waals surface area contributed by atoms with Crippen LogP contribution in [0.2, 0.25) is 0 Å². The fourth-order valence-electron chi connectivity index (χ4n) is 2.82. The Morgan fingerprint density at radius 2 is 1.96 bits per heavy atom. The van der Waals surface area contributed by atoms with Gasteiger partial charge in [0.25, 0.3) is 11.6 Å². The highest BCUT2D eigenvalue weighted by Gasteiger charge is 2.17. The van der Waals surface area contributed by atoms with Gasteiger partial charge in [-0.1, -0.05) is 0 Å². The Hall–Kier alpha value is -3.23. The summed E-state index contributed by atoms with van der Waals surface area (Å²) in [5, 5.41) is 21.6. The third-order valence-electron chi connectivity index (χ3n) is 4.21. The molecule has 9 heteroatoms. The molecule has 3 rings (SSSR count). The van der Waals surface area contributed by atoms with Crippen molar-refractivity contribution in [1.82, 2.24) is 10.2 Å². The number of hydrogen-bond donors (Lipinski definition) is 1. The minimum atomic E-state index is -0.529. The molecule has 1 aliphatic heterocycles. The monoisotopic (exact) mass is 357 g/mol. The van der Waals surface area contributed by atoms with E-state index in [1.165, 1.54) is 31.7 Å². The number of non-ortho nitro benzene ring substituents is 1. The molecule has 1 aliphatic rings. The Bertz CT molecular complexity index is 803. The number of carbonyl (C=O) groups is 1. The van der Waals surface area contributed by atoms with Crippen molar-refractivity contribution in [2.45, 2.75) is 19.3 Å². The van der Waals surface area contributed by atoms with Crippen molar-refractivity contribution in [3.63, 3.8) is 0 Å². The number of hydrogen-bond acceptors (Lipinski definition) is 7. The van der Waals surface area contributed by atoms with Crippen molar-refractivity contribution < 1.29 is 14.5 Å². The lowest BCUT2D eigenvalue weighted by Gasteiger charge is -2.27. The largest absolute Gasteiger partial charge is 0.494 e. The van der Waals surface area contributed by atoms with Gasteiger partial charge in [-0.25, -0.2) is 0 Å². The van der Waals surface area contributed by atoms with Gasteiger partial charge in [-0.3, -0.25) is 14.9 Å². The van der Waals surface area contributed by atoms with Crippen LogP contribution in [0.25, 0.3) is 0 Å². The summed E-state index contributed by atoms with van der Waals surface area (Å²) in [5.74, 6) is 0.495. The number of amides is 1. The minimum Gasteiger partial charge on any atom is -0.494 e. The normalized spacial score (nSPS) is 14.0. The number of methoxy groups -OCH3 is 1. The molecule has 1 N–H and O–H groups in total. The van der Waals surface area contributed by atoms with Crippen LogP contribution in [0, 0.1) is 10.1 Å². The maximum Gasteiger partial charge on any atom is 0.276 e. The van der Waals surface area contributed by atoms with Gasteiger partial charge in [0, 0.05) is 19.2 Å². The predicted molar refractivity (Wildman–Crippen MR) is 95.7 cm³/mol. The molecule has 0 saturated carbocycles. The van der Waals surface area contributed by atoms with Crippen LogP contribution >= 0.6 is 0 Å². The third-order valence-corrected chi connectivity index (χ3v) is 4.21. The quantitative estimate of drug-likeness (QED) is 0.647. The molecule has 0 atom stereocenters. The molecular weight excluding hydrogens is 338 g/mol. The highest BCUT2D eigenvalue weighted by molar-refractivity contribution is 6.03. The van der Waals surface area contributed by atoms with Crippen LogP contribution in [0.1, 0.15) is 29.8 Å². The zero-order chi connectivity index (χ0) is 18.5. The number of ether oxygens (including phenoxy) is 1. The first-order valence-corrected chi connectivity index (χ1v) is 8.31. The molecule has 26 heavy (non-hydrogen) atoms. The summed E-state index contributed by atoms with van der Waals surface area (Å²) in [5.41, 5.74) is 0.363. The van der Waals surface area contributed by atoms with E-state index in [9.17, 15) is 14.9 Å². The smallest absolute Gasteiger partial charge is 0.276 e. The van der Waals surface area contributed by atoms with Crippen molar-refractivity contribution in [2.75, 3.05) is 30.4 Å². The topological polar surface area (TPSA) is 110 Å². The zero-order valence-corrected chi connectivity index (χ0v) is 14.3. The predicted octanol–water partition coefficient (Wildman–Crippen LogP) is 2.64. The number of aromatic nitrogens is 2. The number of nitro benzene ring substituents is 1. The molecule has 2 heterocycles. The Morgan fingerprint density at radius 3 is 2.58 bits per heavy atom. The van der Waals surface area contributed by atoms with Crippen LogP contribution in [-0.2, 0) is 0 Å². The van der Waals surface area contributed by atoms with Crippen molar-refractivity contribution >= 4 is 23.1 Å². The molecule has 0 unspecified atom stereocenters. The summed E-state index contributed by atoms with van der Waals surface area (Å²) in [7, 11) is 1.38. The number of benzene rings is 1. The molecule has 1 fully saturated rings. The molecule has 0 bridgehead atoms. The van der Waals surface area contributed by atoms with Gasteiger partial charge in [0.05, 0.1) is 23.8 Å². The van der Waals surface area contributed by atoms with Gasteiger partial charge in [0.2, 0.25) is 0 Å². The second kappa shape index (κ2) is 7.77. The number of piperidine rings is 1. The van der Waals surface area contributed by atoms with E-state index in [1.807, 2.05) is 0 Å². The van der Waals surface area contributed by atoms with Crippen LogP contribution in [-0.4, -0.2) is 41.2 Å². The molecule has 1 aromatic heterocycles. The summed E-state index contributed by atoms with van der Waals surface area (Å²) >= 11 is 0. The number of anilines is 2. The standard InChI is InChI=1S/C17H19N5O4/c1-26-15-11-12(22(24)25)5-6-13(15)18-17(23)14-7-8-16(20-19-14)21-9-3-2-4-10-21/h5-8,11H,2-4,9-10H2,1H3,(H,18,23). The zero-order valence-electron chi connectivity index (χ0n) is 14.3. The first kappa shape index (κ1) is 17.6. The molecule has 136 valence electrons. The second-order valence-corrected chi connectivity index (χ2v) is 5.92. The van der Waals surface area contributed by atoms with Crippen molar-refractivity contribution in [2.24, 2.45) is 0 Å². The highest BCUT2D eigenvalue weighted by atomic mass is 16.6. The lowest BCUT2D eigenvalue weighted by molar-refractivity contribution is -0.384. The van der Waals surface area contributed by atoms with Crippen LogP contribution in [0.5, 0.6) is 5.75 Å². The van der Waals surface area contributed by atoms with Gasteiger partial charge in [-0.15, -0.1) is 10.2 Å². The van der Waals surface area contributed by atoms with E-state index >= 15 is 0 Å². The second-order valence-electron chi connectivity index (χ2n) is 5.92. The van der Waals surface area contributed by atoms with E-state index in [0.717, 1.165) is 31.7 Å². The summed E-state index contributed by atoms with van der Waals surface area (Å²) in [6.07, 6.45) is 3.48. The first-order valence-electron chi connectivity index (χ1n) is 8.31.